The Morgan fingerprint density at radius 1 is 0.216 bits per heavy atom. The first-order chi connectivity index (χ1) is 25.3. The minimum absolute atomic E-state index is 1.23. The van der Waals surface area contributed by atoms with E-state index in [0.717, 1.165) is 0 Å². The summed E-state index contributed by atoms with van der Waals surface area (Å²) in [6.07, 6.45) is 0. The fourth-order valence-corrected chi connectivity index (χ4v) is 9.69. The lowest BCUT2D eigenvalue weighted by Crippen LogP contribution is -1.92. The second-order valence-corrected chi connectivity index (χ2v) is 14.7. The Labute approximate surface area is 299 Å². The Morgan fingerprint density at radius 2 is 0.686 bits per heavy atom. The molecular weight excluding hydrogens is 633 g/mol. The summed E-state index contributed by atoms with van der Waals surface area (Å²) in [5.41, 5.74) is 7.51. The number of rotatable bonds is 3. The van der Waals surface area contributed by atoms with Crippen LogP contribution in [0.3, 0.4) is 0 Å². The fraction of sp³-hybridized carbons (Fsp3) is 0. The minimum Gasteiger partial charge on any atom is -0.135 e. The SMILES string of the molecule is c1ccc(-c2cccc(-c3c4ccccc4c(-c4ccc5c(c4)c4ccccc4c4cc6sc7ccccc7c6cc54)c4ccccc34)c2)cc1. The van der Waals surface area contributed by atoms with Gasteiger partial charge in [-0.25, -0.2) is 0 Å². The van der Waals surface area contributed by atoms with E-state index in [1.54, 1.807) is 0 Å². The monoisotopic (exact) mass is 662 g/mol. The Balaban J connectivity index is 1.20. The predicted molar refractivity (Wildman–Crippen MR) is 223 cm³/mol. The second-order valence-electron chi connectivity index (χ2n) is 13.6. The lowest BCUT2D eigenvalue weighted by molar-refractivity contribution is 1.61. The molecule has 0 amide bonds. The van der Waals surface area contributed by atoms with Gasteiger partial charge in [0.15, 0.2) is 0 Å². The summed E-state index contributed by atoms with van der Waals surface area (Å²) in [4.78, 5) is 0. The highest BCUT2D eigenvalue weighted by Crippen LogP contribution is 2.47. The maximum absolute atomic E-state index is 2.46. The summed E-state index contributed by atoms with van der Waals surface area (Å²) < 4.78 is 2.69. The number of hydrogen-bond acceptors (Lipinski definition) is 1. The van der Waals surface area contributed by atoms with Gasteiger partial charge in [0.1, 0.15) is 0 Å². The van der Waals surface area contributed by atoms with Crippen LogP contribution < -0.4 is 0 Å². The molecule has 0 saturated heterocycles. The van der Waals surface area contributed by atoms with Crippen molar-refractivity contribution >= 4 is 85.4 Å². The molecule has 1 aromatic heterocycles. The van der Waals surface area contributed by atoms with E-state index in [1.807, 2.05) is 11.3 Å². The molecule has 0 aliphatic carbocycles. The van der Waals surface area contributed by atoms with Crippen LogP contribution in [0.2, 0.25) is 0 Å². The average Bonchev–Trinajstić information content (AvgIpc) is 3.57. The Hall–Kier alpha value is -6.28. The highest BCUT2D eigenvalue weighted by molar-refractivity contribution is 7.25. The first kappa shape index (κ1) is 28.5. The van der Waals surface area contributed by atoms with E-state index in [2.05, 4.69) is 182 Å². The number of benzene rings is 10. The van der Waals surface area contributed by atoms with Crippen LogP contribution in [-0.2, 0) is 0 Å². The highest BCUT2D eigenvalue weighted by Gasteiger charge is 2.19. The molecule has 0 aliphatic heterocycles. The van der Waals surface area contributed by atoms with Crippen LogP contribution in [0, 0.1) is 0 Å². The third-order valence-corrected chi connectivity index (χ3v) is 11.9. The van der Waals surface area contributed by atoms with Crippen LogP contribution in [0.15, 0.2) is 182 Å². The zero-order valence-corrected chi connectivity index (χ0v) is 28.5. The molecule has 0 aliphatic rings. The molecule has 1 heteroatoms. The van der Waals surface area contributed by atoms with Crippen molar-refractivity contribution < 1.29 is 0 Å². The third kappa shape index (κ3) is 4.32. The van der Waals surface area contributed by atoms with Crippen molar-refractivity contribution in [1.29, 1.82) is 0 Å². The summed E-state index contributed by atoms with van der Waals surface area (Å²) in [6, 6.07) is 67.5. The van der Waals surface area contributed by atoms with Crippen LogP contribution in [0.4, 0.5) is 0 Å². The van der Waals surface area contributed by atoms with Gasteiger partial charge in [-0.05, 0) is 118 Å². The topological polar surface area (TPSA) is 0 Å². The molecule has 11 rings (SSSR count). The number of thiophene rings is 1. The van der Waals surface area contributed by atoms with Gasteiger partial charge in [0.05, 0.1) is 0 Å². The van der Waals surface area contributed by atoms with E-state index in [1.165, 1.54) is 107 Å². The first-order valence-electron chi connectivity index (χ1n) is 17.6. The molecule has 0 saturated carbocycles. The maximum atomic E-state index is 2.46. The highest BCUT2D eigenvalue weighted by atomic mass is 32.1. The Kier molecular flexibility index (Phi) is 6.22. The molecular formula is C50H30S. The van der Waals surface area contributed by atoms with Gasteiger partial charge < -0.3 is 0 Å². The van der Waals surface area contributed by atoms with E-state index in [-0.39, 0.29) is 0 Å². The number of hydrogen-bond donors (Lipinski definition) is 0. The lowest BCUT2D eigenvalue weighted by Gasteiger charge is -2.19. The molecule has 10 aromatic carbocycles. The molecule has 0 spiro atoms. The van der Waals surface area contributed by atoms with Gasteiger partial charge in [-0.3, -0.25) is 0 Å². The van der Waals surface area contributed by atoms with Crippen LogP contribution in [0.1, 0.15) is 0 Å². The molecule has 0 N–H and O–H groups in total. The molecule has 51 heavy (non-hydrogen) atoms. The Morgan fingerprint density at radius 3 is 1.35 bits per heavy atom. The van der Waals surface area contributed by atoms with Crippen molar-refractivity contribution in [3.05, 3.63) is 182 Å². The normalized spacial score (nSPS) is 11.9. The van der Waals surface area contributed by atoms with Crippen molar-refractivity contribution in [1.82, 2.24) is 0 Å². The van der Waals surface area contributed by atoms with E-state index < -0.39 is 0 Å². The third-order valence-electron chi connectivity index (χ3n) is 10.8. The van der Waals surface area contributed by atoms with Crippen LogP contribution in [0.25, 0.3) is 107 Å². The quantitative estimate of drug-likeness (QED) is 0.130. The van der Waals surface area contributed by atoms with E-state index in [4.69, 9.17) is 0 Å². The molecule has 0 radical (unpaired) electrons. The molecule has 11 aromatic rings. The van der Waals surface area contributed by atoms with E-state index >= 15 is 0 Å². The average molecular weight is 663 g/mol. The minimum atomic E-state index is 1.23. The molecule has 236 valence electrons. The maximum Gasteiger partial charge on any atom is 0.0362 e. The van der Waals surface area contributed by atoms with Crippen molar-refractivity contribution in [2.75, 3.05) is 0 Å². The summed E-state index contributed by atoms with van der Waals surface area (Å²) in [6.45, 7) is 0. The predicted octanol–water partition coefficient (Wildman–Crippen LogP) is 14.8. The van der Waals surface area contributed by atoms with Crippen molar-refractivity contribution in [3.63, 3.8) is 0 Å². The van der Waals surface area contributed by atoms with Gasteiger partial charge in [-0.15, -0.1) is 11.3 Å². The van der Waals surface area contributed by atoms with Crippen molar-refractivity contribution in [3.8, 4) is 33.4 Å². The van der Waals surface area contributed by atoms with Gasteiger partial charge in [0.25, 0.3) is 0 Å². The van der Waals surface area contributed by atoms with E-state index in [9.17, 15) is 0 Å². The summed E-state index contributed by atoms with van der Waals surface area (Å²) >= 11 is 1.89. The van der Waals surface area contributed by atoms with E-state index in [0.29, 0.717) is 0 Å². The molecule has 0 fully saturated rings. The van der Waals surface area contributed by atoms with Crippen LogP contribution >= 0.6 is 11.3 Å². The summed E-state index contributed by atoms with van der Waals surface area (Å²) in [5.74, 6) is 0. The summed E-state index contributed by atoms with van der Waals surface area (Å²) in [5, 5.41) is 15.6. The molecule has 0 nitrogen and oxygen atoms in total. The largest absolute Gasteiger partial charge is 0.135 e. The second kappa shape index (κ2) is 11.1. The van der Waals surface area contributed by atoms with Gasteiger partial charge in [-0.1, -0.05) is 152 Å². The van der Waals surface area contributed by atoms with Gasteiger partial charge in [0, 0.05) is 20.2 Å². The Bertz CT molecular complexity index is 3130. The van der Waals surface area contributed by atoms with Crippen LogP contribution in [0.5, 0.6) is 0 Å². The molecule has 1 heterocycles. The molecule has 0 bridgehead atoms. The first-order valence-corrected chi connectivity index (χ1v) is 18.4. The lowest BCUT2D eigenvalue weighted by atomic mass is 9.84. The molecule has 0 unspecified atom stereocenters. The van der Waals surface area contributed by atoms with Gasteiger partial charge in [0.2, 0.25) is 0 Å². The zero-order chi connectivity index (χ0) is 33.5. The van der Waals surface area contributed by atoms with Crippen LogP contribution in [-0.4, -0.2) is 0 Å². The number of fused-ring (bicyclic) bond motifs is 11. The zero-order valence-electron chi connectivity index (χ0n) is 27.7. The standard InChI is InChI=1S/C50H30S/c1-2-13-31(14-3-1)32-15-12-16-33(27-32)49-39-20-6-8-22-41(39)50(42-23-9-7-21-40(42)49)34-25-26-37-43(28-34)35-17-4-5-18-36(35)45-30-48-46(29-44(37)45)38-19-10-11-24-47(38)51-48/h1-30H. The fourth-order valence-electron chi connectivity index (χ4n) is 8.56. The van der Waals surface area contributed by atoms with Gasteiger partial charge in [-0.2, -0.15) is 0 Å². The smallest absolute Gasteiger partial charge is 0.0362 e. The van der Waals surface area contributed by atoms with Crippen molar-refractivity contribution in [2.45, 2.75) is 0 Å². The summed E-state index contributed by atoms with van der Waals surface area (Å²) in [7, 11) is 0. The molecule has 0 atom stereocenters. The van der Waals surface area contributed by atoms with Gasteiger partial charge >= 0.3 is 0 Å². The van der Waals surface area contributed by atoms with Crippen molar-refractivity contribution in [2.24, 2.45) is 0 Å².